The number of nitrogens with zero attached hydrogens (tertiary/aromatic N) is 2. The van der Waals surface area contributed by atoms with Gasteiger partial charge in [-0.25, -0.2) is 4.79 Å². The molecule has 0 radical (unpaired) electrons. The van der Waals surface area contributed by atoms with Gasteiger partial charge < -0.3 is 15.4 Å². The van der Waals surface area contributed by atoms with Crippen molar-refractivity contribution >= 4 is 6.09 Å². The fraction of sp³-hybridized carbons (Fsp3) is 0.929. The third kappa shape index (κ3) is 3.20. The molecule has 5 nitrogen and oxygen atoms in total. The molecule has 0 spiro atoms. The van der Waals surface area contributed by atoms with Crippen LogP contribution in [0.15, 0.2) is 0 Å². The van der Waals surface area contributed by atoms with Crippen LogP contribution in [0.3, 0.4) is 0 Å². The normalized spacial score (nSPS) is 23.9. The minimum Gasteiger partial charge on any atom is -0.444 e. The van der Waals surface area contributed by atoms with E-state index < -0.39 is 5.60 Å². The first kappa shape index (κ1) is 14.6. The lowest BCUT2D eigenvalue weighted by Crippen LogP contribution is -2.63. The molecule has 0 aromatic rings. The second-order valence-corrected chi connectivity index (χ2v) is 6.74. The van der Waals surface area contributed by atoms with Gasteiger partial charge in [-0.2, -0.15) is 0 Å². The Morgan fingerprint density at radius 3 is 2.16 bits per heavy atom. The fourth-order valence-corrected chi connectivity index (χ4v) is 2.87. The fourth-order valence-electron chi connectivity index (χ4n) is 2.87. The van der Waals surface area contributed by atoms with Gasteiger partial charge in [-0.05, 0) is 53.1 Å². The second-order valence-electron chi connectivity index (χ2n) is 6.74. The zero-order valence-electron chi connectivity index (χ0n) is 12.4. The number of hydrogen-bond donors (Lipinski definition) is 1. The number of nitrogens with two attached hydrogens (primary N) is 1. The second kappa shape index (κ2) is 5.29. The highest BCUT2D eigenvalue weighted by Gasteiger charge is 2.42. The summed E-state index contributed by atoms with van der Waals surface area (Å²) in [6.07, 6.45) is 3.00. The van der Waals surface area contributed by atoms with E-state index >= 15 is 0 Å². The molecule has 2 fully saturated rings. The topological polar surface area (TPSA) is 58.8 Å². The van der Waals surface area contributed by atoms with Gasteiger partial charge in [0, 0.05) is 25.2 Å². The SMILES string of the molecule is CC(C)(C)OC(=O)N1CCC(CN)(N2CCC2)CC1. The zero-order valence-corrected chi connectivity index (χ0v) is 12.4. The largest absolute Gasteiger partial charge is 0.444 e. The molecule has 0 aliphatic carbocycles. The van der Waals surface area contributed by atoms with Crippen molar-refractivity contribution in [3.05, 3.63) is 0 Å². The maximum atomic E-state index is 12.0. The van der Waals surface area contributed by atoms with Crippen LogP contribution < -0.4 is 5.73 Å². The Hall–Kier alpha value is -0.810. The van der Waals surface area contributed by atoms with Gasteiger partial charge in [0.1, 0.15) is 5.60 Å². The molecule has 0 aromatic heterocycles. The van der Waals surface area contributed by atoms with Crippen LogP contribution in [-0.2, 0) is 4.74 Å². The molecule has 0 unspecified atom stereocenters. The van der Waals surface area contributed by atoms with Gasteiger partial charge in [0.2, 0.25) is 0 Å². The highest BCUT2D eigenvalue weighted by molar-refractivity contribution is 5.68. The first-order valence-electron chi connectivity index (χ1n) is 7.29. The predicted octanol–water partition coefficient (Wildman–Crippen LogP) is 1.42. The number of likely N-dealkylation sites (tertiary alicyclic amines) is 2. The molecule has 110 valence electrons. The molecule has 1 amide bonds. The van der Waals surface area contributed by atoms with Gasteiger partial charge in [0.05, 0.1) is 0 Å². The summed E-state index contributed by atoms with van der Waals surface area (Å²) in [5.41, 5.74) is 5.70. The molecule has 2 saturated heterocycles. The van der Waals surface area contributed by atoms with Crippen LogP contribution in [0.1, 0.15) is 40.0 Å². The van der Waals surface area contributed by atoms with Crippen molar-refractivity contribution in [2.24, 2.45) is 5.73 Å². The van der Waals surface area contributed by atoms with Crippen molar-refractivity contribution in [1.29, 1.82) is 0 Å². The van der Waals surface area contributed by atoms with Gasteiger partial charge in [-0.15, -0.1) is 0 Å². The van der Waals surface area contributed by atoms with Crippen molar-refractivity contribution in [3.8, 4) is 0 Å². The molecular weight excluding hydrogens is 242 g/mol. The molecule has 0 saturated carbocycles. The number of carbonyl (C=O) groups excluding carboxylic acids is 1. The summed E-state index contributed by atoms with van der Waals surface area (Å²) in [6, 6.07) is 0. The first-order chi connectivity index (χ1) is 8.86. The minimum absolute atomic E-state index is 0.122. The van der Waals surface area contributed by atoms with E-state index in [0.29, 0.717) is 6.54 Å². The van der Waals surface area contributed by atoms with Crippen molar-refractivity contribution < 1.29 is 9.53 Å². The summed E-state index contributed by atoms with van der Waals surface area (Å²) in [6.45, 7) is 10.2. The lowest BCUT2D eigenvalue weighted by molar-refractivity contribution is -0.0248. The predicted molar refractivity (Wildman–Crippen MR) is 75.0 cm³/mol. The Labute approximate surface area is 116 Å². The molecule has 0 bridgehead atoms. The molecule has 0 aromatic carbocycles. The quantitative estimate of drug-likeness (QED) is 0.823. The number of ether oxygens (including phenoxy) is 1. The lowest BCUT2D eigenvalue weighted by Gasteiger charge is -2.52. The van der Waals surface area contributed by atoms with Crippen LogP contribution >= 0.6 is 0 Å². The molecule has 2 rings (SSSR count). The van der Waals surface area contributed by atoms with Gasteiger partial charge in [0.25, 0.3) is 0 Å². The Kier molecular flexibility index (Phi) is 4.06. The summed E-state index contributed by atoms with van der Waals surface area (Å²) in [5, 5.41) is 0. The van der Waals surface area contributed by atoms with E-state index in [1.807, 2.05) is 25.7 Å². The van der Waals surface area contributed by atoms with Crippen molar-refractivity contribution in [3.63, 3.8) is 0 Å². The maximum Gasteiger partial charge on any atom is 0.410 e. The number of rotatable bonds is 2. The van der Waals surface area contributed by atoms with E-state index in [-0.39, 0.29) is 11.6 Å². The maximum absolute atomic E-state index is 12.0. The summed E-state index contributed by atoms with van der Waals surface area (Å²) >= 11 is 0. The highest BCUT2D eigenvalue weighted by atomic mass is 16.6. The monoisotopic (exact) mass is 269 g/mol. The lowest BCUT2D eigenvalue weighted by atomic mass is 9.83. The molecule has 5 heteroatoms. The molecule has 0 atom stereocenters. The minimum atomic E-state index is -0.420. The van der Waals surface area contributed by atoms with Crippen molar-refractivity contribution in [1.82, 2.24) is 9.80 Å². The Balaban J connectivity index is 1.89. The Bertz CT molecular complexity index is 326. The van der Waals surface area contributed by atoms with E-state index in [1.165, 1.54) is 6.42 Å². The molecule has 2 N–H and O–H groups in total. The highest BCUT2D eigenvalue weighted by Crippen LogP contribution is 2.32. The van der Waals surface area contributed by atoms with Crippen LogP contribution in [0, 0.1) is 0 Å². The first-order valence-corrected chi connectivity index (χ1v) is 7.29. The van der Waals surface area contributed by atoms with E-state index in [1.54, 1.807) is 0 Å². The van der Waals surface area contributed by atoms with Gasteiger partial charge >= 0.3 is 6.09 Å². The Morgan fingerprint density at radius 1 is 1.21 bits per heavy atom. The number of amides is 1. The molecule has 2 aliphatic heterocycles. The summed E-state index contributed by atoms with van der Waals surface area (Å²) in [5.74, 6) is 0. The average Bonchev–Trinajstić information content (AvgIpc) is 2.25. The summed E-state index contributed by atoms with van der Waals surface area (Å²) < 4.78 is 5.42. The van der Waals surface area contributed by atoms with Gasteiger partial charge in [-0.1, -0.05) is 0 Å². The van der Waals surface area contributed by atoms with Crippen LogP contribution in [-0.4, -0.2) is 59.8 Å². The number of carbonyl (C=O) groups is 1. The van der Waals surface area contributed by atoms with E-state index in [9.17, 15) is 4.79 Å². The summed E-state index contributed by atoms with van der Waals surface area (Å²) in [4.78, 5) is 16.3. The third-order valence-corrected chi connectivity index (χ3v) is 4.25. The van der Waals surface area contributed by atoms with Crippen LogP contribution in [0.2, 0.25) is 0 Å². The van der Waals surface area contributed by atoms with E-state index in [2.05, 4.69) is 4.90 Å². The number of hydrogen-bond acceptors (Lipinski definition) is 4. The van der Waals surface area contributed by atoms with Crippen LogP contribution in [0.5, 0.6) is 0 Å². The van der Waals surface area contributed by atoms with E-state index in [0.717, 1.165) is 39.0 Å². The third-order valence-electron chi connectivity index (χ3n) is 4.25. The average molecular weight is 269 g/mol. The smallest absolute Gasteiger partial charge is 0.410 e. The van der Waals surface area contributed by atoms with Crippen molar-refractivity contribution in [2.75, 3.05) is 32.7 Å². The number of piperidine rings is 1. The van der Waals surface area contributed by atoms with E-state index in [4.69, 9.17) is 10.5 Å². The van der Waals surface area contributed by atoms with Gasteiger partial charge in [-0.3, -0.25) is 4.90 Å². The molecule has 2 aliphatic rings. The summed E-state index contributed by atoms with van der Waals surface area (Å²) in [7, 11) is 0. The Morgan fingerprint density at radius 2 is 1.79 bits per heavy atom. The van der Waals surface area contributed by atoms with Crippen LogP contribution in [0.25, 0.3) is 0 Å². The van der Waals surface area contributed by atoms with Gasteiger partial charge in [0.15, 0.2) is 0 Å². The molecular formula is C14H27N3O2. The zero-order chi connectivity index (χ0) is 14.1. The van der Waals surface area contributed by atoms with Crippen LogP contribution in [0.4, 0.5) is 4.79 Å². The standard InChI is InChI=1S/C14H27N3O2/c1-13(2,3)19-12(18)16-9-5-14(11-15,6-10-16)17-7-4-8-17/h4-11,15H2,1-3H3. The molecule has 2 heterocycles. The van der Waals surface area contributed by atoms with Crippen molar-refractivity contribution in [2.45, 2.75) is 51.2 Å². The molecule has 19 heavy (non-hydrogen) atoms.